The van der Waals surface area contributed by atoms with E-state index in [-0.39, 0.29) is 17.2 Å². The summed E-state index contributed by atoms with van der Waals surface area (Å²) in [5.74, 6) is 1.45. The maximum Gasteiger partial charge on any atom is 0.237 e. The summed E-state index contributed by atoms with van der Waals surface area (Å²) in [5.41, 5.74) is 0.822. The molecule has 1 saturated carbocycles. The molecule has 2 fully saturated rings. The van der Waals surface area contributed by atoms with Crippen LogP contribution in [0.2, 0.25) is 0 Å². The molecule has 1 atom stereocenters. The smallest absolute Gasteiger partial charge is 0.237 e. The third-order valence-electron chi connectivity index (χ3n) is 5.00. The van der Waals surface area contributed by atoms with E-state index in [0.29, 0.717) is 12.5 Å². The van der Waals surface area contributed by atoms with Gasteiger partial charge in [-0.1, -0.05) is 30.1 Å². The molecule has 0 spiro atoms. The molecule has 1 aliphatic carbocycles. The lowest BCUT2D eigenvalue weighted by atomic mass is 9.78. The van der Waals surface area contributed by atoms with E-state index < -0.39 is 0 Å². The van der Waals surface area contributed by atoms with E-state index in [4.69, 9.17) is 14.2 Å². The second-order valence-corrected chi connectivity index (χ2v) is 6.31. The molecule has 0 radical (unpaired) electrons. The average Bonchev–Trinajstić information content (AvgIpc) is 3.28. The average molecular weight is 302 g/mol. The highest BCUT2D eigenvalue weighted by molar-refractivity contribution is 5.33. The highest BCUT2D eigenvalue weighted by atomic mass is 19.1. The topological polar surface area (TPSA) is 48.2 Å². The maximum absolute atomic E-state index is 13.2. The van der Waals surface area contributed by atoms with Gasteiger partial charge in [-0.05, 0) is 37.0 Å². The Morgan fingerprint density at radius 2 is 1.91 bits per heavy atom. The molecule has 2 aromatic rings. The summed E-state index contributed by atoms with van der Waals surface area (Å²) in [6.45, 7) is 1.43. The Morgan fingerprint density at radius 3 is 2.59 bits per heavy atom. The number of aromatic nitrogens is 2. The van der Waals surface area contributed by atoms with Crippen LogP contribution in [0, 0.1) is 5.82 Å². The van der Waals surface area contributed by atoms with Crippen molar-refractivity contribution in [3.63, 3.8) is 0 Å². The van der Waals surface area contributed by atoms with Crippen LogP contribution in [-0.4, -0.2) is 23.4 Å². The Labute approximate surface area is 128 Å². The van der Waals surface area contributed by atoms with Gasteiger partial charge in [0.25, 0.3) is 0 Å². The van der Waals surface area contributed by atoms with Crippen molar-refractivity contribution in [3.05, 3.63) is 47.4 Å². The Bertz CT molecular complexity index is 641. The quantitative estimate of drug-likeness (QED) is 0.869. The summed E-state index contributed by atoms with van der Waals surface area (Å²) in [6, 6.07) is 6.72. The van der Waals surface area contributed by atoms with Crippen LogP contribution in [0.4, 0.5) is 4.39 Å². The molecule has 0 amide bonds. The van der Waals surface area contributed by atoms with Crippen LogP contribution in [0.15, 0.2) is 28.8 Å². The van der Waals surface area contributed by atoms with Crippen LogP contribution in [0.5, 0.6) is 0 Å². The Kier molecular flexibility index (Phi) is 3.45. The van der Waals surface area contributed by atoms with Gasteiger partial charge in [0.05, 0.1) is 12.0 Å². The minimum Gasteiger partial charge on any atom is -0.381 e. The van der Waals surface area contributed by atoms with Crippen molar-refractivity contribution in [3.8, 4) is 0 Å². The molecule has 1 unspecified atom stereocenters. The lowest BCUT2D eigenvalue weighted by Crippen LogP contribution is -2.24. The second kappa shape index (κ2) is 5.47. The summed E-state index contributed by atoms with van der Waals surface area (Å²) in [7, 11) is 0. The zero-order chi connectivity index (χ0) is 15.0. The van der Waals surface area contributed by atoms with Crippen LogP contribution >= 0.6 is 0 Å². The first-order valence-corrected chi connectivity index (χ1v) is 7.96. The van der Waals surface area contributed by atoms with Gasteiger partial charge in [0.15, 0.2) is 5.82 Å². The third kappa shape index (κ3) is 2.24. The zero-order valence-corrected chi connectivity index (χ0v) is 12.4. The van der Waals surface area contributed by atoms with Gasteiger partial charge in [-0.3, -0.25) is 0 Å². The van der Waals surface area contributed by atoms with Crippen molar-refractivity contribution in [2.24, 2.45) is 0 Å². The SMILES string of the molecule is Fc1ccc(C2(c3nc(C4CCOC4)no3)CCCC2)cc1. The first kappa shape index (κ1) is 13.9. The molecule has 22 heavy (non-hydrogen) atoms. The highest BCUT2D eigenvalue weighted by Crippen LogP contribution is 2.46. The van der Waals surface area contributed by atoms with E-state index in [1.807, 2.05) is 12.1 Å². The molecule has 116 valence electrons. The summed E-state index contributed by atoms with van der Waals surface area (Å²) in [4.78, 5) is 4.69. The zero-order valence-electron chi connectivity index (χ0n) is 12.4. The number of ether oxygens (including phenoxy) is 1. The van der Waals surface area contributed by atoms with Crippen molar-refractivity contribution >= 4 is 0 Å². The summed E-state index contributed by atoms with van der Waals surface area (Å²) in [6.07, 6.45) is 5.15. The van der Waals surface area contributed by atoms with E-state index in [2.05, 4.69) is 5.16 Å². The molecule has 4 rings (SSSR count). The first-order valence-electron chi connectivity index (χ1n) is 7.96. The molecule has 4 nitrogen and oxygen atoms in total. The normalized spacial score (nSPS) is 24.0. The number of hydrogen-bond donors (Lipinski definition) is 0. The Balaban J connectivity index is 1.71. The van der Waals surface area contributed by atoms with Crippen LogP contribution < -0.4 is 0 Å². The van der Waals surface area contributed by atoms with E-state index in [1.165, 1.54) is 12.1 Å². The minimum absolute atomic E-state index is 0.216. The van der Waals surface area contributed by atoms with E-state index in [1.54, 1.807) is 0 Å². The first-order chi connectivity index (χ1) is 10.8. The van der Waals surface area contributed by atoms with Crippen molar-refractivity contribution in [2.45, 2.75) is 43.4 Å². The molecule has 2 aliphatic rings. The van der Waals surface area contributed by atoms with Crippen LogP contribution in [0.3, 0.4) is 0 Å². The Hall–Kier alpha value is -1.75. The van der Waals surface area contributed by atoms with Gasteiger partial charge in [0.2, 0.25) is 5.89 Å². The molecule has 1 aliphatic heterocycles. The number of benzene rings is 1. The van der Waals surface area contributed by atoms with Crippen LogP contribution in [-0.2, 0) is 10.2 Å². The fraction of sp³-hybridized carbons (Fsp3) is 0.529. The predicted octanol–water partition coefficient (Wildman–Crippen LogP) is 3.57. The molecule has 1 saturated heterocycles. The van der Waals surface area contributed by atoms with Gasteiger partial charge in [-0.2, -0.15) is 4.98 Å². The van der Waals surface area contributed by atoms with E-state index in [9.17, 15) is 4.39 Å². The lowest BCUT2D eigenvalue weighted by molar-refractivity contribution is 0.192. The maximum atomic E-state index is 13.2. The van der Waals surface area contributed by atoms with Crippen molar-refractivity contribution in [1.82, 2.24) is 10.1 Å². The fourth-order valence-electron chi connectivity index (χ4n) is 3.71. The van der Waals surface area contributed by atoms with E-state index >= 15 is 0 Å². The van der Waals surface area contributed by atoms with Gasteiger partial charge >= 0.3 is 0 Å². The van der Waals surface area contributed by atoms with E-state index in [0.717, 1.165) is 50.1 Å². The molecule has 1 aromatic carbocycles. The fourth-order valence-corrected chi connectivity index (χ4v) is 3.71. The largest absolute Gasteiger partial charge is 0.381 e. The van der Waals surface area contributed by atoms with Crippen molar-refractivity contribution in [1.29, 1.82) is 0 Å². The summed E-state index contributed by atoms with van der Waals surface area (Å²) >= 11 is 0. The summed E-state index contributed by atoms with van der Waals surface area (Å²) < 4.78 is 24.3. The summed E-state index contributed by atoms with van der Waals surface area (Å²) in [5, 5.41) is 4.19. The standard InChI is InChI=1S/C17H19FN2O2/c18-14-5-3-13(4-6-14)17(8-1-2-9-17)16-19-15(20-22-16)12-7-10-21-11-12/h3-6,12H,1-2,7-11H2. The molecular formula is C17H19FN2O2. The molecule has 1 aromatic heterocycles. The molecule has 5 heteroatoms. The lowest BCUT2D eigenvalue weighted by Gasteiger charge is -2.25. The van der Waals surface area contributed by atoms with Crippen LogP contribution in [0.1, 0.15) is 55.3 Å². The molecule has 0 N–H and O–H groups in total. The Morgan fingerprint density at radius 1 is 1.14 bits per heavy atom. The van der Waals surface area contributed by atoms with Crippen molar-refractivity contribution < 1.29 is 13.7 Å². The van der Waals surface area contributed by atoms with Crippen LogP contribution in [0.25, 0.3) is 0 Å². The van der Waals surface area contributed by atoms with Gasteiger partial charge in [0.1, 0.15) is 5.82 Å². The minimum atomic E-state index is -0.252. The number of rotatable bonds is 3. The predicted molar refractivity (Wildman–Crippen MR) is 78.1 cm³/mol. The highest BCUT2D eigenvalue weighted by Gasteiger charge is 2.43. The molecular weight excluding hydrogens is 283 g/mol. The molecule has 0 bridgehead atoms. The second-order valence-electron chi connectivity index (χ2n) is 6.31. The van der Waals surface area contributed by atoms with Gasteiger partial charge in [-0.15, -0.1) is 0 Å². The number of nitrogens with zero attached hydrogens (tertiary/aromatic N) is 2. The molecule has 2 heterocycles. The van der Waals surface area contributed by atoms with Gasteiger partial charge in [0, 0.05) is 12.5 Å². The van der Waals surface area contributed by atoms with Crippen molar-refractivity contribution in [2.75, 3.05) is 13.2 Å². The van der Waals surface area contributed by atoms with Gasteiger partial charge < -0.3 is 9.26 Å². The number of halogens is 1. The third-order valence-corrected chi connectivity index (χ3v) is 5.00. The van der Waals surface area contributed by atoms with Gasteiger partial charge in [-0.25, -0.2) is 4.39 Å². The number of hydrogen-bond acceptors (Lipinski definition) is 4. The monoisotopic (exact) mass is 302 g/mol.